The zero-order chi connectivity index (χ0) is 15.9. The summed E-state index contributed by atoms with van der Waals surface area (Å²) in [5, 5.41) is 0. The Morgan fingerprint density at radius 2 is 1.82 bits per heavy atom. The average Bonchev–Trinajstić information content (AvgIpc) is 2.79. The van der Waals surface area contributed by atoms with Crippen molar-refractivity contribution in [2.45, 2.75) is 46.5 Å². The van der Waals surface area contributed by atoms with E-state index in [9.17, 15) is 4.79 Å². The van der Waals surface area contributed by atoms with Crippen LogP contribution in [0.2, 0.25) is 0 Å². The first kappa shape index (κ1) is 14.8. The van der Waals surface area contributed by atoms with Crippen LogP contribution in [0.25, 0.3) is 0 Å². The van der Waals surface area contributed by atoms with E-state index in [0.29, 0.717) is 0 Å². The summed E-state index contributed by atoms with van der Waals surface area (Å²) < 4.78 is 5.64. The Balaban J connectivity index is 2.13. The number of ether oxygens (including phenoxy) is 1. The molecule has 1 atom stereocenters. The lowest BCUT2D eigenvalue weighted by Crippen LogP contribution is -2.11. The van der Waals surface area contributed by atoms with Crippen molar-refractivity contribution in [3.05, 3.63) is 63.7 Å². The molecule has 2 aromatic rings. The minimum Gasteiger partial charge on any atom is -0.425 e. The number of carbonyl (C=O) groups excluding carboxylic acids is 1. The van der Waals surface area contributed by atoms with Gasteiger partial charge in [0.25, 0.3) is 0 Å². The quantitative estimate of drug-likeness (QED) is 0.610. The molecule has 114 valence electrons. The molecule has 2 nitrogen and oxygen atoms in total. The van der Waals surface area contributed by atoms with Crippen molar-refractivity contribution in [2.75, 3.05) is 0 Å². The number of fused-ring (bicyclic) bond motifs is 1. The van der Waals surface area contributed by atoms with Crippen molar-refractivity contribution in [3.63, 3.8) is 0 Å². The largest absolute Gasteiger partial charge is 0.425 e. The number of hydrogen-bond acceptors (Lipinski definition) is 2. The van der Waals surface area contributed by atoms with Gasteiger partial charge in [-0.25, -0.2) is 0 Å². The van der Waals surface area contributed by atoms with E-state index in [1.807, 2.05) is 6.07 Å². The summed E-state index contributed by atoms with van der Waals surface area (Å²) in [5.74, 6) is 0.353. The molecular formula is C20H22O2. The van der Waals surface area contributed by atoms with E-state index in [1.54, 1.807) is 0 Å². The van der Waals surface area contributed by atoms with Gasteiger partial charge in [0.05, 0.1) is 0 Å². The lowest BCUT2D eigenvalue weighted by atomic mass is 9.88. The number of carbonyl (C=O) groups is 1. The third-order valence-corrected chi connectivity index (χ3v) is 4.47. The van der Waals surface area contributed by atoms with Crippen LogP contribution in [-0.2, 0) is 11.2 Å². The Kier molecular flexibility index (Phi) is 3.78. The lowest BCUT2D eigenvalue weighted by Gasteiger charge is -2.12. The normalized spacial score (nSPS) is 16.5. The van der Waals surface area contributed by atoms with Gasteiger partial charge in [-0.15, -0.1) is 0 Å². The van der Waals surface area contributed by atoms with Gasteiger partial charge in [-0.3, -0.25) is 4.79 Å². The van der Waals surface area contributed by atoms with Gasteiger partial charge in [0, 0.05) is 5.56 Å². The molecule has 0 amide bonds. The van der Waals surface area contributed by atoms with E-state index in [1.165, 1.54) is 16.7 Å². The molecular weight excluding hydrogens is 272 g/mol. The molecule has 2 aromatic carbocycles. The fourth-order valence-electron chi connectivity index (χ4n) is 3.22. The molecule has 0 aliphatic carbocycles. The van der Waals surface area contributed by atoms with Gasteiger partial charge in [-0.1, -0.05) is 49.2 Å². The molecule has 2 heteroatoms. The molecule has 0 saturated carbocycles. The highest BCUT2D eigenvalue weighted by molar-refractivity contribution is 5.90. The van der Waals surface area contributed by atoms with Crippen molar-refractivity contribution >= 4 is 5.97 Å². The van der Waals surface area contributed by atoms with E-state index in [0.717, 1.165) is 35.3 Å². The fourth-order valence-corrected chi connectivity index (χ4v) is 3.22. The molecule has 0 radical (unpaired) electrons. The zero-order valence-corrected chi connectivity index (χ0v) is 13.7. The van der Waals surface area contributed by atoms with E-state index < -0.39 is 0 Å². The van der Waals surface area contributed by atoms with Gasteiger partial charge in [0.1, 0.15) is 11.7 Å². The van der Waals surface area contributed by atoms with E-state index in [4.69, 9.17) is 4.74 Å². The Bertz CT molecular complexity index is 744. The number of benzene rings is 2. The topological polar surface area (TPSA) is 26.3 Å². The van der Waals surface area contributed by atoms with Crippen LogP contribution in [0.15, 0.2) is 30.3 Å². The standard InChI is InChI=1S/C20H22O2/c1-5-6-16-9-12(2)10-17-18(20(21)22-19(16)17)15-8-7-13(3)14(4)11-15/h7-11,18H,5-6H2,1-4H3/t18-/m0/s1. The number of rotatable bonds is 3. The molecule has 1 aliphatic heterocycles. The van der Waals surface area contributed by atoms with Gasteiger partial charge in [-0.05, 0) is 49.4 Å². The average molecular weight is 294 g/mol. The van der Waals surface area contributed by atoms with Crippen LogP contribution < -0.4 is 4.74 Å². The van der Waals surface area contributed by atoms with Crippen molar-refractivity contribution in [2.24, 2.45) is 0 Å². The van der Waals surface area contributed by atoms with Crippen molar-refractivity contribution in [1.29, 1.82) is 0 Å². The lowest BCUT2D eigenvalue weighted by molar-refractivity contribution is -0.133. The summed E-state index contributed by atoms with van der Waals surface area (Å²) in [5.41, 5.74) is 6.84. The zero-order valence-electron chi connectivity index (χ0n) is 13.7. The van der Waals surface area contributed by atoms with Crippen LogP contribution in [0.5, 0.6) is 5.75 Å². The molecule has 0 bridgehead atoms. The summed E-state index contributed by atoms with van der Waals surface area (Å²) in [7, 11) is 0. The van der Waals surface area contributed by atoms with Gasteiger partial charge < -0.3 is 4.74 Å². The van der Waals surface area contributed by atoms with Crippen molar-refractivity contribution in [3.8, 4) is 5.75 Å². The predicted molar refractivity (Wildman–Crippen MR) is 88.6 cm³/mol. The van der Waals surface area contributed by atoms with E-state index in [2.05, 4.69) is 52.0 Å². The molecule has 0 saturated heterocycles. The maximum Gasteiger partial charge on any atom is 0.323 e. The molecule has 0 spiro atoms. The smallest absolute Gasteiger partial charge is 0.323 e. The van der Waals surface area contributed by atoms with E-state index >= 15 is 0 Å². The summed E-state index contributed by atoms with van der Waals surface area (Å²) in [6.45, 7) is 8.40. The molecule has 0 aromatic heterocycles. The Hall–Kier alpha value is -2.09. The number of aryl methyl sites for hydroxylation is 4. The predicted octanol–water partition coefficient (Wildman–Crippen LogP) is 4.62. The highest BCUT2D eigenvalue weighted by atomic mass is 16.5. The van der Waals surface area contributed by atoms with Gasteiger partial charge in [0.15, 0.2) is 0 Å². The maximum absolute atomic E-state index is 12.5. The van der Waals surface area contributed by atoms with Gasteiger partial charge in [0.2, 0.25) is 0 Å². The van der Waals surface area contributed by atoms with Crippen molar-refractivity contribution in [1.82, 2.24) is 0 Å². The minimum atomic E-state index is -0.287. The molecule has 0 N–H and O–H groups in total. The molecule has 3 rings (SSSR count). The van der Waals surface area contributed by atoms with Crippen LogP contribution in [0.3, 0.4) is 0 Å². The molecule has 0 unspecified atom stereocenters. The Morgan fingerprint density at radius 1 is 1.05 bits per heavy atom. The third-order valence-electron chi connectivity index (χ3n) is 4.47. The monoisotopic (exact) mass is 294 g/mol. The highest BCUT2D eigenvalue weighted by Gasteiger charge is 2.36. The van der Waals surface area contributed by atoms with E-state index in [-0.39, 0.29) is 11.9 Å². The summed E-state index contributed by atoms with van der Waals surface area (Å²) in [4.78, 5) is 12.5. The molecule has 1 heterocycles. The van der Waals surface area contributed by atoms with Gasteiger partial charge >= 0.3 is 5.97 Å². The second-order valence-electron chi connectivity index (χ2n) is 6.29. The van der Waals surface area contributed by atoms with Crippen LogP contribution in [-0.4, -0.2) is 5.97 Å². The van der Waals surface area contributed by atoms with Crippen LogP contribution >= 0.6 is 0 Å². The number of esters is 1. The minimum absolute atomic E-state index is 0.152. The second kappa shape index (κ2) is 5.60. The SMILES string of the molecule is CCCc1cc(C)cc2c1OC(=O)[C@H]2c1ccc(C)c(C)c1. The summed E-state index contributed by atoms with van der Waals surface area (Å²) >= 11 is 0. The van der Waals surface area contributed by atoms with Crippen LogP contribution in [0.1, 0.15) is 52.6 Å². The summed E-state index contributed by atoms with van der Waals surface area (Å²) in [6.07, 6.45) is 1.98. The fraction of sp³-hybridized carbons (Fsp3) is 0.350. The molecule has 0 fully saturated rings. The third kappa shape index (κ3) is 2.43. The second-order valence-corrected chi connectivity index (χ2v) is 6.29. The first-order valence-corrected chi connectivity index (χ1v) is 7.93. The molecule has 22 heavy (non-hydrogen) atoms. The van der Waals surface area contributed by atoms with Crippen LogP contribution in [0.4, 0.5) is 0 Å². The highest BCUT2D eigenvalue weighted by Crippen LogP contribution is 2.42. The first-order chi connectivity index (χ1) is 10.5. The van der Waals surface area contributed by atoms with Gasteiger partial charge in [-0.2, -0.15) is 0 Å². The Labute approximate surface area is 132 Å². The number of hydrogen-bond donors (Lipinski definition) is 0. The van der Waals surface area contributed by atoms with Crippen LogP contribution in [0, 0.1) is 20.8 Å². The molecule has 1 aliphatic rings. The van der Waals surface area contributed by atoms with Crippen molar-refractivity contribution < 1.29 is 9.53 Å². The Morgan fingerprint density at radius 3 is 2.50 bits per heavy atom. The first-order valence-electron chi connectivity index (χ1n) is 7.93. The maximum atomic E-state index is 12.5. The summed E-state index contributed by atoms with van der Waals surface area (Å²) in [6, 6.07) is 10.5.